The number of aliphatic hydroxyl groups is 1. The van der Waals surface area contributed by atoms with Crippen LogP contribution in [-0.4, -0.2) is 57.1 Å². The zero-order chi connectivity index (χ0) is 20.0. The minimum atomic E-state index is -0.324. The lowest BCUT2D eigenvalue weighted by atomic mass is 10.1. The molecule has 9 heteroatoms. The Morgan fingerprint density at radius 1 is 1.14 bits per heavy atom. The molecule has 3 aromatic rings. The molecule has 3 aromatic heterocycles. The summed E-state index contributed by atoms with van der Waals surface area (Å²) in [4.78, 5) is 28.2. The Bertz CT molecular complexity index is 1100. The van der Waals surface area contributed by atoms with E-state index in [4.69, 9.17) is 0 Å². The number of aromatic nitrogens is 4. The first-order valence-corrected chi connectivity index (χ1v) is 10.9. The maximum atomic E-state index is 12.8. The van der Waals surface area contributed by atoms with Gasteiger partial charge in [-0.15, -0.1) is 11.3 Å². The Kier molecular flexibility index (Phi) is 4.71. The van der Waals surface area contributed by atoms with Crippen molar-refractivity contribution in [2.75, 3.05) is 36.0 Å². The van der Waals surface area contributed by atoms with E-state index in [1.807, 2.05) is 4.90 Å². The Hall–Kier alpha value is -2.52. The highest BCUT2D eigenvalue weighted by Gasteiger charge is 2.26. The molecule has 0 bridgehead atoms. The van der Waals surface area contributed by atoms with Crippen molar-refractivity contribution in [3.8, 4) is 0 Å². The van der Waals surface area contributed by atoms with Crippen molar-refractivity contribution in [2.45, 2.75) is 38.3 Å². The van der Waals surface area contributed by atoms with E-state index in [-0.39, 0.29) is 17.7 Å². The van der Waals surface area contributed by atoms with Crippen LogP contribution < -0.4 is 15.4 Å². The highest BCUT2D eigenvalue weighted by atomic mass is 32.1. The van der Waals surface area contributed by atoms with Crippen LogP contribution in [0.25, 0.3) is 10.2 Å². The molecular weight excluding hydrogens is 388 g/mol. The van der Waals surface area contributed by atoms with Gasteiger partial charge in [-0.25, -0.2) is 14.6 Å². The molecule has 0 aromatic carbocycles. The Morgan fingerprint density at radius 3 is 2.83 bits per heavy atom. The van der Waals surface area contributed by atoms with Gasteiger partial charge in [-0.1, -0.05) is 0 Å². The van der Waals surface area contributed by atoms with Gasteiger partial charge >= 0.3 is 0 Å². The van der Waals surface area contributed by atoms with Gasteiger partial charge in [-0.2, -0.15) is 5.10 Å². The van der Waals surface area contributed by atoms with E-state index >= 15 is 0 Å². The molecule has 1 unspecified atom stereocenters. The number of β-amino-alcohol motifs (C(OH)–C–C–N with tert-alkyl or cyclic N) is 1. The number of hydrogen-bond donors (Lipinski definition) is 1. The first-order chi connectivity index (χ1) is 14.1. The average molecular weight is 413 g/mol. The summed E-state index contributed by atoms with van der Waals surface area (Å²) in [5.41, 5.74) is 0.705. The van der Waals surface area contributed by atoms with Crippen molar-refractivity contribution >= 4 is 33.1 Å². The second kappa shape index (κ2) is 7.38. The van der Waals surface area contributed by atoms with Crippen molar-refractivity contribution in [2.24, 2.45) is 0 Å². The molecule has 0 amide bonds. The van der Waals surface area contributed by atoms with Crippen LogP contribution >= 0.6 is 11.3 Å². The summed E-state index contributed by atoms with van der Waals surface area (Å²) in [6, 6.07) is 3.80. The Morgan fingerprint density at radius 2 is 2.03 bits per heavy atom. The van der Waals surface area contributed by atoms with Gasteiger partial charge in [0.05, 0.1) is 29.4 Å². The minimum absolute atomic E-state index is 0.0132. The van der Waals surface area contributed by atoms with E-state index in [2.05, 4.69) is 33.0 Å². The zero-order valence-corrected chi connectivity index (χ0v) is 17.2. The van der Waals surface area contributed by atoms with Crippen LogP contribution in [-0.2, 0) is 0 Å². The lowest BCUT2D eigenvalue weighted by Crippen LogP contribution is -2.41. The smallest absolute Gasteiger partial charge is 0.269 e. The molecule has 1 N–H and O–H groups in total. The van der Waals surface area contributed by atoms with Gasteiger partial charge in [-0.05, 0) is 32.3 Å². The number of thiophene rings is 1. The molecule has 5 heterocycles. The maximum absolute atomic E-state index is 12.8. The number of fused-ring (bicyclic) bond motifs is 1. The molecule has 2 aliphatic heterocycles. The third-order valence-electron chi connectivity index (χ3n) is 5.81. The molecule has 0 spiro atoms. The van der Waals surface area contributed by atoms with Crippen molar-refractivity contribution in [3.05, 3.63) is 39.9 Å². The van der Waals surface area contributed by atoms with Crippen LogP contribution in [0, 0.1) is 6.92 Å². The van der Waals surface area contributed by atoms with Crippen LogP contribution in [0.4, 0.5) is 11.5 Å². The molecule has 0 aliphatic carbocycles. The van der Waals surface area contributed by atoms with E-state index in [1.165, 1.54) is 4.88 Å². The fourth-order valence-corrected chi connectivity index (χ4v) is 5.24. The second-order valence-electron chi connectivity index (χ2n) is 7.90. The number of aliphatic hydroxyl groups excluding tert-OH is 1. The van der Waals surface area contributed by atoms with E-state index in [0.29, 0.717) is 13.1 Å². The average Bonchev–Trinajstić information content (AvgIpc) is 3.32. The largest absolute Gasteiger partial charge is 0.391 e. The lowest BCUT2D eigenvalue weighted by Gasteiger charge is -2.34. The number of aryl methyl sites for hydroxylation is 1. The van der Waals surface area contributed by atoms with Gasteiger partial charge in [0.2, 0.25) is 0 Å². The van der Waals surface area contributed by atoms with Crippen molar-refractivity contribution in [1.29, 1.82) is 0 Å². The quantitative estimate of drug-likeness (QED) is 0.704. The van der Waals surface area contributed by atoms with Gasteiger partial charge in [0, 0.05) is 37.1 Å². The van der Waals surface area contributed by atoms with Crippen molar-refractivity contribution < 1.29 is 5.11 Å². The molecule has 2 atom stereocenters. The first-order valence-electron chi connectivity index (χ1n) is 10.1. The van der Waals surface area contributed by atoms with Gasteiger partial charge in [0.15, 0.2) is 0 Å². The predicted molar refractivity (Wildman–Crippen MR) is 114 cm³/mol. The fraction of sp³-hybridized carbons (Fsp3) is 0.500. The molecule has 0 saturated carbocycles. The van der Waals surface area contributed by atoms with Crippen LogP contribution in [0.5, 0.6) is 0 Å². The zero-order valence-electron chi connectivity index (χ0n) is 16.4. The van der Waals surface area contributed by atoms with Gasteiger partial charge in [-0.3, -0.25) is 4.79 Å². The second-order valence-corrected chi connectivity index (χ2v) is 9.14. The van der Waals surface area contributed by atoms with Crippen LogP contribution in [0.1, 0.15) is 30.2 Å². The number of hydrogen-bond acceptors (Lipinski definition) is 8. The fourth-order valence-electron chi connectivity index (χ4n) is 4.39. The third kappa shape index (κ3) is 3.49. The molecule has 2 saturated heterocycles. The molecular formula is C20H24N6O2S. The number of anilines is 2. The number of nitrogens with zero attached hydrogens (tertiary/aromatic N) is 6. The van der Waals surface area contributed by atoms with Crippen LogP contribution in [0.15, 0.2) is 29.5 Å². The van der Waals surface area contributed by atoms with E-state index in [1.54, 1.807) is 34.6 Å². The lowest BCUT2D eigenvalue weighted by molar-refractivity contribution is 0.198. The molecule has 5 rings (SSSR count). The van der Waals surface area contributed by atoms with E-state index in [0.717, 1.165) is 54.1 Å². The molecule has 8 nitrogen and oxygen atoms in total. The number of rotatable bonds is 3. The number of piperidine rings is 1. The summed E-state index contributed by atoms with van der Waals surface area (Å²) in [7, 11) is 0. The third-order valence-corrected chi connectivity index (χ3v) is 6.77. The SMILES string of the molecule is Cc1cc2c(N3CCCC(n4ncc(N5CC[C@H](O)C5)cc4=O)C3)ncnc2s1. The van der Waals surface area contributed by atoms with Gasteiger partial charge < -0.3 is 14.9 Å². The standard InChI is InChI=1S/C20H24N6O2S/c1-13-7-17-19(21-12-22-20(17)29-13)25-5-2-3-14(10-25)26-18(28)8-15(9-23-26)24-6-4-16(27)11-24/h7-9,12,14,16,27H,2-6,10-11H2,1H3/t14?,16-/m0/s1. The predicted octanol–water partition coefficient (Wildman–Crippen LogP) is 1.97. The monoisotopic (exact) mass is 412 g/mol. The molecule has 29 heavy (non-hydrogen) atoms. The van der Waals surface area contributed by atoms with Crippen LogP contribution in [0.2, 0.25) is 0 Å². The summed E-state index contributed by atoms with van der Waals surface area (Å²) in [6.07, 6.45) is 5.69. The summed E-state index contributed by atoms with van der Waals surface area (Å²) >= 11 is 1.68. The van der Waals surface area contributed by atoms with E-state index in [9.17, 15) is 9.90 Å². The Balaban J connectivity index is 1.40. The molecule has 0 radical (unpaired) electrons. The van der Waals surface area contributed by atoms with E-state index < -0.39 is 0 Å². The topological polar surface area (TPSA) is 87.4 Å². The highest BCUT2D eigenvalue weighted by Crippen LogP contribution is 2.32. The van der Waals surface area contributed by atoms with Gasteiger partial charge in [0.25, 0.3) is 5.56 Å². The summed E-state index contributed by atoms with van der Waals surface area (Å²) < 4.78 is 1.61. The molecule has 2 fully saturated rings. The summed E-state index contributed by atoms with van der Waals surface area (Å²) in [5, 5.41) is 15.3. The first kappa shape index (κ1) is 18.5. The summed E-state index contributed by atoms with van der Waals surface area (Å²) in [6.45, 7) is 5.02. The molecule has 152 valence electrons. The summed E-state index contributed by atoms with van der Waals surface area (Å²) in [5.74, 6) is 0.944. The van der Waals surface area contributed by atoms with Crippen LogP contribution in [0.3, 0.4) is 0 Å². The Labute approximate surface area is 172 Å². The maximum Gasteiger partial charge on any atom is 0.269 e. The minimum Gasteiger partial charge on any atom is -0.391 e. The van der Waals surface area contributed by atoms with Crippen molar-refractivity contribution in [1.82, 2.24) is 19.7 Å². The molecule has 2 aliphatic rings. The van der Waals surface area contributed by atoms with Gasteiger partial charge in [0.1, 0.15) is 17.0 Å². The normalized spacial score (nSPS) is 22.6. The van der Waals surface area contributed by atoms with Crippen molar-refractivity contribution in [3.63, 3.8) is 0 Å². The highest BCUT2D eigenvalue weighted by molar-refractivity contribution is 7.18.